The van der Waals surface area contributed by atoms with Crippen molar-refractivity contribution in [3.63, 3.8) is 0 Å². The molecule has 0 radical (unpaired) electrons. The van der Waals surface area contributed by atoms with E-state index in [1.165, 1.54) is 0 Å². The van der Waals surface area contributed by atoms with Crippen LogP contribution in [0.2, 0.25) is 0 Å². The number of rotatable bonds is 4. The molecule has 1 fully saturated rings. The lowest BCUT2D eigenvalue weighted by molar-refractivity contribution is 0.0950. The number of nitrogens with zero attached hydrogens (tertiary/aromatic N) is 5. The number of hydrogen-bond donors (Lipinski definition) is 1. The van der Waals surface area contributed by atoms with Crippen molar-refractivity contribution >= 4 is 17.4 Å². The Morgan fingerprint density at radius 2 is 2.24 bits per heavy atom. The fraction of sp³-hybridized carbons (Fsp3) is 0.294. The molecule has 4 rings (SSSR count). The van der Waals surface area contributed by atoms with Crippen molar-refractivity contribution in [2.45, 2.75) is 18.6 Å². The van der Waals surface area contributed by atoms with Crippen molar-refractivity contribution < 1.29 is 9.18 Å². The summed E-state index contributed by atoms with van der Waals surface area (Å²) in [5.74, 6) is 0.429. The van der Waals surface area contributed by atoms with E-state index in [1.54, 1.807) is 53.5 Å². The summed E-state index contributed by atoms with van der Waals surface area (Å²) in [7, 11) is 0. The number of aromatic nitrogens is 4. The minimum absolute atomic E-state index is 0.146. The van der Waals surface area contributed by atoms with Gasteiger partial charge in [0.15, 0.2) is 5.82 Å². The van der Waals surface area contributed by atoms with Crippen molar-refractivity contribution in [3.8, 4) is 0 Å². The number of halogens is 1. The molecule has 8 heteroatoms. The average molecular weight is 340 g/mol. The van der Waals surface area contributed by atoms with Crippen LogP contribution in [-0.2, 0) is 0 Å². The Kier molecular flexibility index (Phi) is 4.01. The van der Waals surface area contributed by atoms with Crippen LogP contribution < -0.4 is 10.2 Å². The molecule has 128 valence electrons. The molecule has 7 nitrogen and oxygen atoms in total. The molecule has 0 bridgehead atoms. The first-order valence-corrected chi connectivity index (χ1v) is 8.10. The molecule has 0 aliphatic carbocycles. The number of fused-ring (bicyclic) bond motifs is 1. The molecule has 0 aromatic carbocycles. The number of nitrogens with one attached hydrogen (secondary N) is 1. The van der Waals surface area contributed by atoms with Crippen LogP contribution in [0.15, 0.2) is 49.1 Å². The highest BCUT2D eigenvalue weighted by molar-refractivity contribution is 5.94. The number of amides is 1. The second kappa shape index (κ2) is 6.46. The van der Waals surface area contributed by atoms with E-state index in [-0.39, 0.29) is 18.5 Å². The van der Waals surface area contributed by atoms with E-state index in [0.29, 0.717) is 24.3 Å². The Labute approximate surface area is 143 Å². The molecule has 0 unspecified atom stereocenters. The summed E-state index contributed by atoms with van der Waals surface area (Å²) in [6.45, 7) is 0.609. The second-order valence-electron chi connectivity index (χ2n) is 6.04. The topological polar surface area (TPSA) is 75.4 Å². The van der Waals surface area contributed by atoms with E-state index in [2.05, 4.69) is 20.5 Å². The third-order valence-corrected chi connectivity index (χ3v) is 4.37. The number of imidazole rings is 1. The largest absolute Gasteiger partial charge is 0.350 e. The maximum absolute atomic E-state index is 13.9. The smallest absolute Gasteiger partial charge is 0.252 e. The fourth-order valence-corrected chi connectivity index (χ4v) is 3.15. The SMILES string of the molecule is O=C(NC[C@@H]1C[C@H](F)CN1c1cccnn1)c1ccc2nccn2c1. The number of alkyl halides is 1. The number of carbonyl (C=O) groups excluding carboxylic acids is 1. The van der Waals surface area contributed by atoms with Crippen LogP contribution in [-0.4, -0.2) is 50.8 Å². The molecule has 25 heavy (non-hydrogen) atoms. The highest BCUT2D eigenvalue weighted by Gasteiger charge is 2.33. The van der Waals surface area contributed by atoms with E-state index >= 15 is 0 Å². The Morgan fingerprint density at radius 1 is 1.32 bits per heavy atom. The van der Waals surface area contributed by atoms with Gasteiger partial charge in [0.05, 0.1) is 18.2 Å². The molecule has 0 saturated carbocycles. The molecule has 0 spiro atoms. The van der Waals surface area contributed by atoms with Crippen LogP contribution in [0.25, 0.3) is 5.65 Å². The number of anilines is 1. The predicted octanol–water partition coefficient (Wildman–Crippen LogP) is 1.47. The maximum atomic E-state index is 13.9. The summed E-state index contributed by atoms with van der Waals surface area (Å²) in [5.41, 5.74) is 1.31. The Morgan fingerprint density at radius 3 is 3.08 bits per heavy atom. The molecule has 4 heterocycles. The monoisotopic (exact) mass is 340 g/mol. The zero-order chi connectivity index (χ0) is 17.2. The highest BCUT2D eigenvalue weighted by atomic mass is 19.1. The highest BCUT2D eigenvalue weighted by Crippen LogP contribution is 2.24. The summed E-state index contributed by atoms with van der Waals surface area (Å²) >= 11 is 0. The zero-order valence-corrected chi connectivity index (χ0v) is 13.4. The molecule has 1 saturated heterocycles. The van der Waals surface area contributed by atoms with Gasteiger partial charge in [0, 0.05) is 37.8 Å². The molecule has 3 aromatic rings. The standard InChI is InChI=1S/C17H17FN6O/c18-13-8-14(24(11-13)16-2-1-5-21-22-16)9-20-17(25)12-3-4-15-19-6-7-23(15)10-12/h1-7,10,13-14H,8-9,11H2,(H,20,25)/t13-,14-/m0/s1. The van der Waals surface area contributed by atoms with Gasteiger partial charge in [0.2, 0.25) is 0 Å². The summed E-state index contributed by atoms with van der Waals surface area (Å²) in [4.78, 5) is 18.4. The van der Waals surface area contributed by atoms with E-state index in [0.717, 1.165) is 5.65 Å². The minimum Gasteiger partial charge on any atom is -0.350 e. The first-order valence-electron chi connectivity index (χ1n) is 8.10. The minimum atomic E-state index is -0.939. The van der Waals surface area contributed by atoms with Gasteiger partial charge < -0.3 is 14.6 Å². The normalized spacial score (nSPS) is 20.1. The van der Waals surface area contributed by atoms with Gasteiger partial charge in [-0.05, 0) is 24.3 Å². The summed E-state index contributed by atoms with van der Waals surface area (Å²) in [6.07, 6.45) is 6.19. The number of pyridine rings is 1. The quantitative estimate of drug-likeness (QED) is 0.778. The molecule has 1 amide bonds. The van der Waals surface area contributed by atoms with Crippen LogP contribution >= 0.6 is 0 Å². The van der Waals surface area contributed by atoms with Gasteiger partial charge in [-0.2, -0.15) is 5.10 Å². The van der Waals surface area contributed by atoms with Gasteiger partial charge in [0.1, 0.15) is 11.8 Å². The van der Waals surface area contributed by atoms with Crippen LogP contribution in [0.4, 0.5) is 10.2 Å². The van der Waals surface area contributed by atoms with Gasteiger partial charge in [0.25, 0.3) is 5.91 Å². The van der Waals surface area contributed by atoms with Gasteiger partial charge in [-0.1, -0.05) is 0 Å². The van der Waals surface area contributed by atoms with Gasteiger partial charge in [-0.3, -0.25) is 4.79 Å². The van der Waals surface area contributed by atoms with E-state index in [9.17, 15) is 9.18 Å². The van der Waals surface area contributed by atoms with E-state index in [1.807, 2.05) is 4.90 Å². The number of carbonyl (C=O) groups is 1. The third-order valence-electron chi connectivity index (χ3n) is 4.37. The van der Waals surface area contributed by atoms with Crippen LogP contribution in [0, 0.1) is 0 Å². The lowest BCUT2D eigenvalue weighted by atomic mass is 10.2. The molecule has 3 aromatic heterocycles. The Bertz CT molecular complexity index is 883. The second-order valence-corrected chi connectivity index (χ2v) is 6.04. The maximum Gasteiger partial charge on any atom is 0.252 e. The molecule has 2 atom stereocenters. The molecular formula is C17H17FN6O. The predicted molar refractivity (Wildman–Crippen MR) is 90.2 cm³/mol. The van der Waals surface area contributed by atoms with Crippen molar-refractivity contribution in [2.24, 2.45) is 0 Å². The van der Waals surface area contributed by atoms with Crippen LogP contribution in [0.1, 0.15) is 16.8 Å². The van der Waals surface area contributed by atoms with Crippen molar-refractivity contribution in [1.82, 2.24) is 24.9 Å². The lowest BCUT2D eigenvalue weighted by Crippen LogP contribution is -2.40. The van der Waals surface area contributed by atoms with Gasteiger partial charge in [-0.25, -0.2) is 9.37 Å². The fourth-order valence-electron chi connectivity index (χ4n) is 3.15. The molecule has 1 aliphatic heterocycles. The summed E-state index contributed by atoms with van der Waals surface area (Å²) < 4.78 is 15.7. The molecule has 1 aliphatic rings. The van der Waals surface area contributed by atoms with E-state index < -0.39 is 6.17 Å². The Balaban J connectivity index is 1.45. The third kappa shape index (κ3) is 3.15. The van der Waals surface area contributed by atoms with Gasteiger partial charge >= 0.3 is 0 Å². The zero-order valence-electron chi connectivity index (χ0n) is 13.4. The summed E-state index contributed by atoms with van der Waals surface area (Å²) in [6, 6.07) is 6.93. The van der Waals surface area contributed by atoms with Crippen LogP contribution in [0.5, 0.6) is 0 Å². The first-order chi connectivity index (χ1) is 12.2. The first kappa shape index (κ1) is 15.5. The van der Waals surface area contributed by atoms with Crippen LogP contribution in [0.3, 0.4) is 0 Å². The van der Waals surface area contributed by atoms with Crippen molar-refractivity contribution in [1.29, 1.82) is 0 Å². The Hall–Kier alpha value is -3.03. The van der Waals surface area contributed by atoms with Crippen molar-refractivity contribution in [3.05, 3.63) is 54.6 Å². The molecule has 1 N–H and O–H groups in total. The van der Waals surface area contributed by atoms with E-state index in [4.69, 9.17) is 0 Å². The summed E-state index contributed by atoms with van der Waals surface area (Å²) in [5, 5.41) is 10.8. The van der Waals surface area contributed by atoms with Gasteiger partial charge in [-0.15, -0.1) is 5.10 Å². The lowest BCUT2D eigenvalue weighted by Gasteiger charge is -2.24. The molecular weight excluding hydrogens is 323 g/mol. The average Bonchev–Trinajstić information content (AvgIpc) is 3.25. The number of hydrogen-bond acceptors (Lipinski definition) is 5. The van der Waals surface area contributed by atoms with Crippen molar-refractivity contribution in [2.75, 3.05) is 18.0 Å².